The Morgan fingerprint density at radius 2 is 2.05 bits per heavy atom. The summed E-state index contributed by atoms with van der Waals surface area (Å²) in [6.07, 6.45) is 0.103. The molecule has 1 aliphatic rings. The number of hydrogen-bond donors (Lipinski definition) is 2. The van der Waals surface area contributed by atoms with Crippen LogP contribution >= 0.6 is 0 Å². The van der Waals surface area contributed by atoms with Crippen molar-refractivity contribution in [3.8, 4) is 0 Å². The van der Waals surface area contributed by atoms with Crippen molar-refractivity contribution in [1.29, 1.82) is 0 Å². The summed E-state index contributed by atoms with van der Waals surface area (Å²) >= 11 is 0. The largest absolute Gasteiger partial charge is 0.480 e. The van der Waals surface area contributed by atoms with Gasteiger partial charge in [-0.3, -0.25) is 14.4 Å². The monoisotopic (exact) mass is 304 g/mol. The zero-order valence-corrected chi connectivity index (χ0v) is 12.9. The summed E-state index contributed by atoms with van der Waals surface area (Å²) in [6.45, 7) is 5.59. The molecule has 0 bridgehead atoms. The van der Waals surface area contributed by atoms with Gasteiger partial charge in [-0.05, 0) is 38.0 Å². The normalized spacial score (nSPS) is 19.1. The molecule has 1 aromatic carbocycles. The van der Waals surface area contributed by atoms with Crippen LogP contribution in [0.2, 0.25) is 0 Å². The van der Waals surface area contributed by atoms with E-state index in [1.807, 2.05) is 32.0 Å². The van der Waals surface area contributed by atoms with Crippen molar-refractivity contribution in [3.05, 3.63) is 29.3 Å². The first-order chi connectivity index (χ1) is 10.3. The Bertz CT molecular complexity index is 627. The van der Waals surface area contributed by atoms with E-state index >= 15 is 0 Å². The Kier molecular flexibility index (Phi) is 4.49. The molecular weight excluding hydrogens is 284 g/mol. The lowest BCUT2D eigenvalue weighted by Gasteiger charge is -2.20. The molecule has 1 unspecified atom stereocenters. The maximum atomic E-state index is 12.2. The van der Waals surface area contributed by atoms with Crippen molar-refractivity contribution in [1.82, 2.24) is 5.32 Å². The summed E-state index contributed by atoms with van der Waals surface area (Å²) in [6, 6.07) is 4.75. The lowest BCUT2D eigenvalue weighted by Crippen LogP contribution is -2.42. The van der Waals surface area contributed by atoms with Gasteiger partial charge in [0.2, 0.25) is 11.8 Å². The smallest absolute Gasteiger partial charge is 0.325 e. The highest BCUT2D eigenvalue weighted by atomic mass is 16.4. The van der Waals surface area contributed by atoms with Crippen molar-refractivity contribution in [2.75, 3.05) is 11.4 Å². The number of rotatable bonds is 4. The Balaban J connectivity index is 2.12. The van der Waals surface area contributed by atoms with Crippen LogP contribution in [0.25, 0.3) is 0 Å². The Morgan fingerprint density at radius 1 is 1.36 bits per heavy atom. The third-order valence-electron chi connectivity index (χ3n) is 4.09. The van der Waals surface area contributed by atoms with Crippen molar-refractivity contribution in [2.24, 2.45) is 5.92 Å². The fourth-order valence-electron chi connectivity index (χ4n) is 2.54. The zero-order chi connectivity index (χ0) is 16.4. The van der Waals surface area contributed by atoms with Gasteiger partial charge < -0.3 is 15.3 Å². The fraction of sp³-hybridized carbons (Fsp3) is 0.438. The molecule has 2 N–H and O–H groups in total. The minimum absolute atomic E-state index is 0.103. The van der Waals surface area contributed by atoms with E-state index in [1.54, 1.807) is 4.90 Å². The Labute approximate surface area is 129 Å². The Morgan fingerprint density at radius 3 is 2.68 bits per heavy atom. The summed E-state index contributed by atoms with van der Waals surface area (Å²) < 4.78 is 0. The number of hydrogen-bond acceptors (Lipinski definition) is 3. The molecule has 1 fully saturated rings. The number of carboxylic acid groups (broad SMARTS) is 1. The number of benzene rings is 1. The van der Waals surface area contributed by atoms with Crippen LogP contribution in [0.5, 0.6) is 0 Å². The first kappa shape index (κ1) is 16.0. The molecule has 1 heterocycles. The summed E-state index contributed by atoms with van der Waals surface area (Å²) in [4.78, 5) is 36.7. The summed E-state index contributed by atoms with van der Waals surface area (Å²) in [5.74, 6) is -2.12. The second kappa shape index (κ2) is 6.17. The minimum Gasteiger partial charge on any atom is -0.480 e. The lowest BCUT2D eigenvalue weighted by atomic mass is 10.1. The third kappa shape index (κ3) is 3.10. The molecule has 6 nitrogen and oxygen atoms in total. The molecule has 2 amide bonds. The van der Waals surface area contributed by atoms with Gasteiger partial charge in [-0.1, -0.05) is 12.1 Å². The SMILES string of the molecule is Cc1cccc(N2CC(C(=O)N[C@@H](C)C(=O)O)CC2=O)c1C. The summed E-state index contributed by atoms with van der Waals surface area (Å²) in [5, 5.41) is 11.3. The number of aliphatic carboxylic acids is 1. The van der Waals surface area contributed by atoms with Gasteiger partial charge in [0.25, 0.3) is 0 Å². The molecule has 2 atom stereocenters. The summed E-state index contributed by atoms with van der Waals surface area (Å²) in [5.41, 5.74) is 2.90. The molecule has 0 aliphatic carbocycles. The topological polar surface area (TPSA) is 86.7 Å². The zero-order valence-electron chi connectivity index (χ0n) is 12.9. The number of anilines is 1. The maximum absolute atomic E-state index is 12.2. The van der Waals surface area contributed by atoms with E-state index in [0.717, 1.165) is 16.8 Å². The van der Waals surface area contributed by atoms with Crippen molar-refractivity contribution in [2.45, 2.75) is 33.2 Å². The predicted octanol–water partition coefficient (Wildman–Crippen LogP) is 1.25. The van der Waals surface area contributed by atoms with Crippen LogP contribution in [-0.4, -0.2) is 35.5 Å². The van der Waals surface area contributed by atoms with Gasteiger partial charge >= 0.3 is 5.97 Å². The standard InChI is InChI=1S/C16H20N2O4/c1-9-5-4-6-13(10(9)2)18-8-12(7-14(18)19)15(20)17-11(3)16(21)22/h4-6,11-12H,7-8H2,1-3H3,(H,17,20)(H,21,22)/t11-,12?/m0/s1. The first-order valence-electron chi connectivity index (χ1n) is 7.21. The second-order valence-electron chi connectivity index (χ2n) is 5.69. The average molecular weight is 304 g/mol. The van der Waals surface area contributed by atoms with E-state index in [1.165, 1.54) is 6.92 Å². The summed E-state index contributed by atoms with van der Waals surface area (Å²) in [7, 11) is 0. The van der Waals surface area contributed by atoms with Gasteiger partial charge in [0.15, 0.2) is 0 Å². The van der Waals surface area contributed by atoms with E-state index in [-0.39, 0.29) is 18.9 Å². The molecule has 0 saturated carbocycles. The third-order valence-corrected chi connectivity index (χ3v) is 4.09. The van der Waals surface area contributed by atoms with Gasteiger partial charge in [-0.25, -0.2) is 0 Å². The molecule has 22 heavy (non-hydrogen) atoms. The van der Waals surface area contributed by atoms with Crippen LogP contribution in [0.4, 0.5) is 5.69 Å². The van der Waals surface area contributed by atoms with E-state index in [4.69, 9.17) is 5.11 Å². The fourth-order valence-corrected chi connectivity index (χ4v) is 2.54. The van der Waals surface area contributed by atoms with Gasteiger partial charge in [0.1, 0.15) is 6.04 Å². The van der Waals surface area contributed by atoms with Gasteiger partial charge in [-0.15, -0.1) is 0 Å². The molecule has 2 rings (SSSR count). The first-order valence-corrected chi connectivity index (χ1v) is 7.21. The number of aryl methyl sites for hydroxylation is 1. The van der Waals surface area contributed by atoms with Gasteiger partial charge in [-0.2, -0.15) is 0 Å². The van der Waals surface area contributed by atoms with Crippen LogP contribution in [0.15, 0.2) is 18.2 Å². The van der Waals surface area contributed by atoms with Gasteiger partial charge in [0.05, 0.1) is 5.92 Å². The molecule has 1 aromatic rings. The predicted molar refractivity (Wildman–Crippen MR) is 81.6 cm³/mol. The molecule has 118 valence electrons. The van der Waals surface area contributed by atoms with Gasteiger partial charge in [0, 0.05) is 18.7 Å². The molecule has 1 aliphatic heterocycles. The lowest BCUT2D eigenvalue weighted by molar-refractivity contribution is -0.141. The molecule has 0 spiro atoms. The van der Waals surface area contributed by atoms with Crippen molar-refractivity contribution < 1.29 is 19.5 Å². The molecule has 1 saturated heterocycles. The quantitative estimate of drug-likeness (QED) is 0.876. The van der Waals surface area contributed by atoms with E-state index in [0.29, 0.717) is 0 Å². The molecule has 6 heteroatoms. The van der Waals surface area contributed by atoms with Crippen LogP contribution in [0.3, 0.4) is 0 Å². The van der Waals surface area contributed by atoms with Crippen molar-refractivity contribution in [3.63, 3.8) is 0 Å². The van der Waals surface area contributed by atoms with E-state index in [2.05, 4.69) is 5.32 Å². The number of carboxylic acids is 1. The maximum Gasteiger partial charge on any atom is 0.325 e. The van der Waals surface area contributed by atoms with Crippen LogP contribution < -0.4 is 10.2 Å². The van der Waals surface area contributed by atoms with E-state index in [9.17, 15) is 14.4 Å². The number of nitrogens with zero attached hydrogens (tertiary/aromatic N) is 1. The van der Waals surface area contributed by atoms with Crippen molar-refractivity contribution >= 4 is 23.5 Å². The highest BCUT2D eigenvalue weighted by molar-refractivity contribution is 6.01. The number of amides is 2. The highest BCUT2D eigenvalue weighted by Gasteiger charge is 2.36. The second-order valence-corrected chi connectivity index (χ2v) is 5.69. The minimum atomic E-state index is -1.09. The van der Waals surface area contributed by atoms with Crippen LogP contribution in [0, 0.1) is 19.8 Å². The Hall–Kier alpha value is -2.37. The molecular formula is C16H20N2O4. The van der Waals surface area contributed by atoms with Crippen LogP contribution in [0.1, 0.15) is 24.5 Å². The number of nitrogens with one attached hydrogen (secondary N) is 1. The average Bonchev–Trinajstić information content (AvgIpc) is 2.83. The highest BCUT2D eigenvalue weighted by Crippen LogP contribution is 2.29. The molecule has 0 aromatic heterocycles. The van der Waals surface area contributed by atoms with Crippen LogP contribution in [-0.2, 0) is 14.4 Å². The number of carbonyl (C=O) groups excluding carboxylic acids is 2. The molecule has 0 radical (unpaired) electrons. The van der Waals surface area contributed by atoms with E-state index < -0.39 is 23.8 Å². The number of carbonyl (C=O) groups is 3.